The van der Waals surface area contributed by atoms with Gasteiger partial charge >= 0.3 is 0 Å². The first kappa shape index (κ1) is 39.7. The van der Waals surface area contributed by atoms with Crippen LogP contribution in [0.5, 0.6) is 0 Å². The zero-order valence-corrected chi connectivity index (χ0v) is 31.2. The van der Waals surface area contributed by atoms with E-state index in [4.69, 9.17) is 5.73 Å². The van der Waals surface area contributed by atoms with E-state index in [1.165, 1.54) is 108 Å². The molecule has 0 saturated carbocycles. The van der Waals surface area contributed by atoms with E-state index in [-0.39, 0.29) is 22.6 Å². The van der Waals surface area contributed by atoms with Gasteiger partial charge in [0.25, 0.3) is 10.0 Å². The van der Waals surface area contributed by atoms with Crippen LogP contribution in [0.2, 0.25) is 0 Å². The van der Waals surface area contributed by atoms with Crippen molar-refractivity contribution in [3.05, 3.63) is 78.9 Å². The number of nitrogen functional groups attached to an aromatic ring is 1. The molecule has 1 aliphatic heterocycles. The van der Waals surface area contributed by atoms with Crippen molar-refractivity contribution in [1.82, 2.24) is 10.3 Å². The lowest BCUT2D eigenvalue weighted by Gasteiger charge is -2.10. The van der Waals surface area contributed by atoms with E-state index in [1.54, 1.807) is 12.1 Å². The zero-order valence-electron chi connectivity index (χ0n) is 30.4. The molecule has 276 valence electrons. The predicted octanol–water partition coefficient (Wildman–Crippen LogP) is 10.5. The molecule has 0 spiro atoms. The quantitative estimate of drug-likeness (QED) is 0.0387. The summed E-state index contributed by atoms with van der Waals surface area (Å²) in [7, 11) is -3.78. The number of carbonyl (C=O) groups excluding carboxylic acids is 2. The van der Waals surface area contributed by atoms with Gasteiger partial charge in [-0.15, -0.1) is 0 Å². The van der Waals surface area contributed by atoms with Gasteiger partial charge in [0.1, 0.15) is 0 Å². The van der Waals surface area contributed by atoms with Crippen LogP contribution in [0, 0.1) is 5.92 Å². The molecule has 1 unspecified atom stereocenters. The number of amides is 2. The number of fused-ring (bicyclic) bond motifs is 1. The minimum atomic E-state index is -3.78. The smallest absolute Gasteiger partial charge is 0.262 e. The van der Waals surface area contributed by atoms with Crippen LogP contribution in [0.15, 0.2) is 83.8 Å². The first-order chi connectivity index (χ1) is 24.8. The average Bonchev–Trinajstić information content (AvgIpc) is 3.66. The average molecular weight is 715 g/mol. The molecule has 0 aliphatic carbocycles. The van der Waals surface area contributed by atoms with Gasteiger partial charge in [-0.25, -0.2) is 8.42 Å². The van der Waals surface area contributed by atoms with Crippen molar-refractivity contribution in [2.75, 3.05) is 10.5 Å². The Hall–Kier alpha value is -4.11. The number of nitrogens with one attached hydrogen (secondary N) is 3. The number of unbranched alkanes of at least 4 members (excludes halogenated alkanes) is 15. The van der Waals surface area contributed by atoms with Crippen molar-refractivity contribution in [2.24, 2.45) is 5.92 Å². The summed E-state index contributed by atoms with van der Waals surface area (Å²) in [6.07, 6.45) is 23.1. The number of anilines is 2. The third kappa shape index (κ3) is 13.2. The predicted molar refractivity (Wildman–Crippen MR) is 211 cm³/mol. The Morgan fingerprint density at radius 1 is 0.706 bits per heavy atom. The van der Waals surface area contributed by atoms with Crippen LogP contribution in [0.4, 0.5) is 11.4 Å². The number of hydrogen-bond acceptors (Lipinski definition) is 5. The van der Waals surface area contributed by atoms with Gasteiger partial charge in [0.2, 0.25) is 11.8 Å². The summed E-state index contributed by atoms with van der Waals surface area (Å²) in [6.45, 7) is 2.28. The van der Waals surface area contributed by atoms with Crippen LogP contribution in [-0.2, 0) is 19.6 Å². The normalized spacial score (nSPS) is 14.3. The SMILES string of the molecule is CCCCCCCCCCCCCCCCCCC1CC(=O)NC1=O.Nc1cccc(S(=O)(=O)Nc2c(-c3ccccc3)[nH]c3ccccc23)c1. The Labute approximate surface area is 305 Å². The van der Waals surface area contributed by atoms with Gasteiger partial charge in [-0.05, 0) is 30.7 Å². The highest BCUT2D eigenvalue weighted by Gasteiger charge is 2.29. The number of benzene rings is 3. The van der Waals surface area contributed by atoms with Gasteiger partial charge in [-0.1, -0.05) is 164 Å². The van der Waals surface area contributed by atoms with Gasteiger partial charge in [-0.2, -0.15) is 0 Å². The molecule has 0 bridgehead atoms. The van der Waals surface area contributed by atoms with E-state index in [0.717, 1.165) is 35.0 Å². The summed E-state index contributed by atoms with van der Waals surface area (Å²) < 4.78 is 28.5. The van der Waals surface area contributed by atoms with Crippen LogP contribution in [0.25, 0.3) is 22.2 Å². The molecule has 1 aliphatic rings. The number of imide groups is 1. The summed E-state index contributed by atoms with van der Waals surface area (Å²) in [4.78, 5) is 26.0. The molecule has 5 rings (SSSR count). The lowest BCUT2D eigenvalue weighted by Crippen LogP contribution is -2.21. The van der Waals surface area contributed by atoms with Gasteiger partial charge in [0.15, 0.2) is 0 Å². The van der Waals surface area contributed by atoms with Crippen molar-refractivity contribution in [1.29, 1.82) is 0 Å². The number of aromatic nitrogens is 1. The monoisotopic (exact) mass is 714 g/mol. The van der Waals surface area contributed by atoms with Crippen molar-refractivity contribution in [2.45, 2.75) is 127 Å². The van der Waals surface area contributed by atoms with Crippen molar-refractivity contribution in [3.63, 3.8) is 0 Å². The summed E-state index contributed by atoms with van der Waals surface area (Å²) in [5, 5.41) is 3.20. The van der Waals surface area contributed by atoms with Gasteiger partial charge in [-0.3, -0.25) is 19.6 Å². The van der Waals surface area contributed by atoms with Crippen LogP contribution in [-0.4, -0.2) is 25.2 Å². The maximum Gasteiger partial charge on any atom is 0.262 e. The Kier molecular flexibility index (Phi) is 16.6. The second kappa shape index (κ2) is 21.3. The minimum Gasteiger partial charge on any atom is -0.399 e. The second-order valence-electron chi connectivity index (χ2n) is 13.9. The summed E-state index contributed by atoms with van der Waals surface area (Å²) in [6, 6.07) is 23.4. The fourth-order valence-corrected chi connectivity index (χ4v) is 7.87. The maximum absolute atomic E-state index is 12.9. The van der Waals surface area contributed by atoms with Crippen LogP contribution in [0.1, 0.15) is 122 Å². The molecular formula is C42H58N4O4S. The Morgan fingerprint density at radius 3 is 1.84 bits per heavy atom. The number of para-hydroxylation sites is 1. The van der Waals surface area contributed by atoms with E-state index in [9.17, 15) is 18.0 Å². The summed E-state index contributed by atoms with van der Waals surface area (Å²) in [5.41, 5.74) is 9.14. The highest BCUT2D eigenvalue weighted by molar-refractivity contribution is 7.92. The third-order valence-corrected chi connectivity index (χ3v) is 11.0. The maximum atomic E-state index is 12.9. The molecule has 1 aromatic heterocycles. The summed E-state index contributed by atoms with van der Waals surface area (Å²) >= 11 is 0. The Bertz CT molecular complexity index is 1750. The number of nitrogens with two attached hydrogens (primary N) is 1. The van der Waals surface area contributed by atoms with Crippen LogP contribution < -0.4 is 15.8 Å². The molecule has 1 atom stereocenters. The lowest BCUT2D eigenvalue weighted by molar-refractivity contribution is -0.125. The highest BCUT2D eigenvalue weighted by atomic mass is 32.2. The molecule has 4 aromatic rings. The molecule has 1 saturated heterocycles. The van der Waals surface area contributed by atoms with E-state index in [2.05, 4.69) is 21.9 Å². The van der Waals surface area contributed by atoms with E-state index in [0.29, 0.717) is 17.8 Å². The molecule has 2 amide bonds. The Balaban J connectivity index is 0.000000229. The van der Waals surface area contributed by atoms with Crippen molar-refractivity contribution in [3.8, 4) is 11.3 Å². The number of hydrogen-bond donors (Lipinski definition) is 4. The fourth-order valence-electron chi connectivity index (χ4n) is 6.72. The number of H-pyrrole nitrogens is 1. The molecule has 1 fully saturated rings. The number of sulfonamides is 1. The molecule has 3 aromatic carbocycles. The minimum absolute atomic E-state index is 0.0425. The van der Waals surface area contributed by atoms with E-state index < -0.39 is 10.0 Å². The molecule has 9 heteroatoms. The van der Waals surface area contributed by atoms with Crippen molar-refractivity contribution < 1.29 is 18.0 Å². The van der Waals surface area contributed by atoms with Crippen LogP contribution >= 0.6 is 0 Å². The molecule has 8 nitrogen and oxygen atoms in total. The van der Waals surface area contributed by atoms with Crippen molar-refractivity contribution >= 4 is 44.1 Å². The standard InChI is InChI=1S/C22H41NO2.C20H17N3O2S/c1-2-3-4-5-6-7-8-9-10-11-12-13-14-15-16-17-18-20-19-21(24)23-22(20)25;21-15-9-6-10-16(13-15)26(24,25)23-20-17-11-4-5-12-18(17)22-19(20)14-7-2-1-3-8-14/h20H,2-19H2,1H3,(H,23,24,25);1-13,22-23H,21H2. The van der Waals surface area contributed by atoms with Gasteiger partial charge in [0.05, 0.1) is 16.3 Å². The molecule has 5 N–H and O–H groups in total. The van der Waals surface area contributed by atoms with Gasteiger partial charge < -0.3 is 10.7 Å². The lowest BCUT2D eigenvalue weighted by atomic mass is 9.98. The van der Waals surface area contributed by atoms with Gasteiger partial charge in [0, 0.05) is 34.5 Å². The van der Waals surface area contributed by atoms with Crippen LogP contribution in [0.3, 0.4) is 0 Å². The molecular weight excluding hydrogens is 657 g/mol. The second-order valence-corrected chi connectivity index (χ2v) is 15.6. The number of aromatic amines is 1. The Morgan fingerprint density at radius 2 is 1.27 bits per heavy atom. The first-order valence-electron chi connectivity index (χ1n) is 19.2. The fraction of sp³-hybridized carbons (Fsp3) is 0.476. The third-order valence-electron chi connectivity index (χ3n) is 9.64. The highest BCUT2D eigenvalue weighted by Crippen LogP contribution is 2.36. The molecule has 2 heterocycles. The molecule has 0 radical (unpaired) electrons. The molecule has 51 heavy (non-hydrogen) atoms. The summed E-state index contributed by atoms with van der Waals surface area (Å²) in [5.74, 6) is -0.184. The largest absolute Gasteiger partial charge is 0.399 e. The first-order valence-corrected chi connectivity index (χ1v) is 20.6. The zero-order chi connectivity index (χ0) is 36.3. The number of carbonyl (C=O) groups is 2. The van der Waals surface area contributed by atoms with E-state index >= 15 is 0 Å². The topological polar surface area (TPSA) is 134 Å². The number of rotatable bonds is 21. The van der Waals surface area contributed by atoms with E-state index in [1.807, 2.05) is 54.6 Å².